The quantitative estimate of drug-likeness (QED) is 0.877. The van der Waals surface area contributed by atoms with Crippen molar-refractivity contribution in [2.45, 2.75) is 44.6 Å². The molecule has 1 aromatic carbocycles. The number of halogens is 1. The average Bonchev–Trinajstić information content (AvgIpc) is 2.48. The summed E-state index contributed by atoms with van der Waals surface area (Å²) in [6, 6.07) is 7.52. The number of hydrogen-bond acceptors (Lipinski definition) is 2. The third kappa shape index (κ3) is 4.50. The second-order valence-electron chi connectivity index (χ2n) is 5.61. The van der Waals surface area contributed by atoms with Crippen LogP contribution >= 0.6 is 11.6 Å². The van der Waals surface area contributed by atoms with Crippen LogP contribution in [0, 0.1) is 5.92 Å². The van der Waals surface area contributed by atoms with E-state index < -0.39 is 0 Å². The van der Waals surface area contributed by atoms with Crippen molar-refractivity contribution >= 4 is 17.5 Å². The molecule has 1 saturated carbocycles. The Hall–Kier alpha value is -1.06. The maximum absolute atomic E-state index is 12.1. The first-order chi connectivity index (χ1) is 9.69. The van der Waals surface area contributed by atoms with Crippen molar-refractivity contribution in [1.29, 1.82) is 0 Å². The highest BCUT2D eigenvalue weighted by Gasteiger charge is 2.23. The molecule has 20 heavy (non-hydrogen) atoms. The van der Waals surface area contributed by atoms with E-state index in [0.717, 1.165) is 5.56 Å². The zero-order valence-electron chi connectivity index (χ0n) is 11.8. The maximum Gasteiger partial charge on any atom is 0.224 e. The van der Waals surface area contributed by atoms with E-state index in [4.69, 9.17) is 17.3 Å². The van der Waals surface area contributed by atoms with E-state index in [0.29, 0.717) is 23.9 Å². The van der Waals surface area contributed by atoms with Crippen LogP contribution in [-0.2, 0) is 11.2 Å². The van der Waals surface area contributed by atoms with Crippen molar-refractivity contribution in [2.75, 3.05) is 6.54 Å². The van der Waals surface area contributed by atoms with Gasteiger partial charge in [-0.3, -0.25) is 4.79 Å². The lowest BCUT2D eigenvalue weighted by Gasteiger charge is -2.30. The second kappa shape index (κ2) is 7.65. The molecule has 4 heteroatoms. The Morgan fingerprint density at radius 1 is 1.25 bits per heavy atom. The standard InChI is InChI=1S/C16H23ClN2O/c17-14-8-6-12(7-9-14)10-16(20)19-15(11-18)13-4-2-1-3-5-13/h6-9,13,15H,1-5,10-11,18H2,(H,19,20). The molecule has 1 unspecified atom stereocenters. The Bertz CT molecular complexity index is 427. The first-order valence-electron chi connectivity index (χ1n) is 7.43. The first kappa shape index (κ1) is 15.3. The van der Waals surface area contributed by atoms with Crippen molar-refractivity contribution in [3.05, 3.63) is 34.9 Å². The molecular weight excluding hydrogens is 272 g/mol. The highest BCUT2D eigenvalue weighted by molar-refractivity contribution is 6.30. The van der Waals surface area contributed by atoms with Crippen LogP contribution in [0.15, 0.2) is 24.3 Å². The molecule has 1 aromatic rings. The van der Waals surface area contributed by atoms with Crippen LogP contribution < -0.4 is 11.1 Å². The molecule has 3 nitrogen and oxygen atoms in total. The predicted octanol–water partition coefficient (Wildman–Crippen LogP) is 2.91. The number of nitrogens with two attached hydrogens (primary N) is 1. The lowest BCUT2D eigenvalue weighted by molar-refractivity contribution is -0.121. The summed E-state index contributed by atoms with van der Waals surface area (Å²) in [7, 11) is 0. The van der Waals surface area contributed by atoms with Gasteiger partial charge in [0.25, 0.3) is 0 Å². The molecule has 0 aromatic heterocycles. The smallest absolute Gasteiger partial charge is 0.224 e. The minimum Gasteiger partial charge on any atom is -0.352 e. The number of carbonyl (C=O) groups is 1. The molecule has 1 aliphatic rings. The molecule has 1 fully saturated rings. The molecule has 1 aliphatic carbocycles. The van der Waals surface area contributed by atoms with Gasteiger partial charge in [0.05, 0.1) is 6.42 Å². The van der Waals surface area contributed by atoms with Gasteiger partial charge >= 0.3 is 0 Å². The number of benzene rings is 1. The van der Waals surface area contributed by atoms with E-state index in [1.807, 2.05) is 24.3 Å². The average molecular weight is 295 g/mol. The van der Waals surface area contributed by atoms with Crippen molar-refractivity contribution in [1.82, 2.24) is 5.32 Å². The molecule has 0 bridgehead atoms. The zero-order chi connectivity index (χ0) is 14.4. The van der Waals surface area contributed by atoms with E-state index in [-0.39, 0.29) is 11.9 Å². The first-order valence-corrected chi connectivity index (χ1v) is 7.80. The van der Waals surface area contributed by atoms with Gasteiger partial charge in [0.1, 0.15) is 0 Å². The molecule has 0 spiro atoms. The van der Waals surface area contributed by atoms with Crippen LogP contribution in [0.2, 0.25) is 5.02 Å². The van der Waals surface area contributed by atoms with E-state index in [1.165, 1.54) is 32.1 Å². The number of nitrogens with one attached hydrogen (secondary N) is 1. The van der Waals surface area contributed by atoms with E-state index >= 15 is 0 Å². The third-order valence-electron chi connectivity index (χ3n) is 4.10. The van der Waals surface area contributed by atoms with Crippen molar-refractivity contribution in [3.63, 3.8) is 0 Å². The van der Waals surface area contributed by atoms with Gasteiger partial charge in [0, 0.05) is 17.6 Å². The minimum atomic E-state index is 0.0494. The Balaban J connectivity index is 1.86. The van der Waals surface area contributed by atoms with Gasteiger partial charge in [-0.2, -0.15) is 0 Å². The second-order valence-corrected chi connectivity index (χ2v) is 6.05. The van der Waals surface area contributed by atoms with Crippen LogP contribution in [0.5, 0.6) is 0 Å². The number of rotatable bonds is 5. The van der Waals surface area contributed by atoms with Crippen LogP contribution in [-0.4, -0.2) is 18.5 Å². The minimum absolute atomic E-state index is 0.0494. The summed E-state index contributed by atoms with van der Waals surface area (Å²) in [4.78, 5) is 12.1. The number of carbonyl (C=O) groups excluding carboxylic acids is 1. The fourth-order valence-corrected chi connectivity index (χ4v) is 3.08. The molecular formula is C16H23ClN2O. The summed E-state index contributed by atoms with van der Waals surface area (Å²) in [6.07, 6.45) is 6.58. The van der Waals surface area contributed by atoms with Gasteiger partial charge < -0.3 is 11.1 Å². The van der Waals surface area contributed by atoms with Crippen molar-refractivity contribution in [3.8, 4) is 0 Å². The monoisotopic (exact) mass is 294 g/mol. The molecule has 0 aliphatic heterocycles. The molecule has 1 atom stereocenters. The van der Waals surface area contributed by atoms with E-state index in [2.05, 4.69) is 5.32 Å². The Kier molecular flexibility index (Phi) is 5.86. The summed E-state index contributed by atoms with van der Waals surface area (Å²) in [5.74, 6) is 0.594. The van der Waals surface area contributed by atoms with Crippen molar-refractivity contribution in [2.24, 2.45) is 11.7 Å². The summed E-state index contributed by atoms with van der Waals surface area (Å²) in [6.45, 7) is 0.525. The van der Waals surface area contributed by atoms with Crippen LogP contribution in [0.3, 0.4) is 0 Å². The van der Waals surface area contributed by atoms with E-state index in [9.17, 15) is 4.79 Å². The molecule has 110 valence electrons. The number of amides is 1. The highest BCUT2D eigenvalue weighted by Crippen LogP contribution is 2.26. The maximum atomic E-state index is 12.1. The van der Waals surface area contributed by atoms with Gasteiger partial charge in [-0.1, -0.05) is 43.0 Å². The molecule has 1 amide bonds. The van der Waals surface area contributed by atoms with Gasteiger partial charge in [-0.15, -0.1) is 0 Å². The SMILES string of the molecule is NCC(NC(=O)Cc1ccc(Cl)cc1)C1CCCCC1. The summed E-state index contributed by atoms with van der Waals surface area (Å²) in [5.41, 5.74) is 6.81. The fraction of sp³-hybridized carbons (Fsp3) is 0.562. The van der Waals surface area contributed by atoms with Crippen molar-refractivity contribution < 1.29 is 4.79 Å². The lowest BCUT2D eigenvalue weighted by atomic mass is 9.84. The summed E-state index contributed by atoms with van der Waals surface area (Å²) >= 11 is 5.84. The van der Waals surface area contributed by atoms with E-state index in [1.54, 1.807) is 0 Å². The fourth-order valence-electron chi connectivity index (χ4n) is 2.95. The third-order valence-corrected chi connectivity index (χ3v) is 4.35. The van der Waals surface area contributed by atoms with Crippen LogP contribution in [0.25, 0.3) is 0 Å². The van der Waals surface area contributed by atoms with Gasteiger partial charge in [0.15, 0.2) is 0 Å². The van der Waals surface area contributed by atoms with Gasteiger partial charge in [-0.25, -0.2) is 0 Å². The molecule has 0 radical (unpaired) electrons. The van der Waals surface area contributed by atoms with Gasteiger partial charge in [-0.05, 0) is 36.5 Å². The molecule has 3 N–H and O–H groups in total. The predicted molar refractivity (Wildman–Crippen MR) is 82.7 cm³/mol. The number of hydrogen-bond donors (Lipinski definition) is 2. The zero-order valence-corrected chi connectivity index (χ0v) is 12.5. The Morgan fingerprint density at radius 2 is 1.90 bits per heavy atom. The molecule has 0 saturated heterocycles. The highest BCUT2D eigenvalue weighted by atomic mass is 35.5. The Morgan fingerprint density at radius 3 is 2.50 bits per heavy atom. The molecule has 2 rings (SSSR count). The normalized spacial score (nSPS) is 17.7. The Labute approximate surface area is 125 Å². The van der Waals surface area contributed by atoms with Crippen LogP contribution in [0.1, 0.15) is 37.7 Å². The topological polar surface area (TPSA) is 55.1 Å². The lowest BCUT2D eigenvalue weighted by Crippen LogP contribution is -2.46. The summed E-state index contributed by atoms with van der Waals surface area (Å²) < 4.78 is 0. The van der Waals surface area contributed by atoms with Crippen LogP contribution in [0.4, 0.5) is 0 Å². The summed E-state index contributed by atoms with van der Waals surface area (Å²) in [5, 5.41) is 3.79. The largest absolute Gasteiger partial charge is 0.352 e. The van der Waals surface area contributed by atoms with Gasteiger partial charge in [0.2, 0.25) is 5.91 Å². The molecule has 0 heterocycles.